The molecule has 0 spiro atoms. The van der Waals surface area contributed by atoms with E-state index < -0.39 is 18.1 Å². The van der Waals surface area contributed by atoms with Crippen molar-refractivity contribution >= 4 is 17.6 Å². The van der Waals surface area contributed by atoms with Crippen molar-refractivity contribution in [1.29, 1.82) is 0 Å². The fourth-order valence-corrected chi connectivity index (χ4v) is 1.89. The zero-order valence-corrected chi connectivity index (χ0v) is 10.9. The molecule has 18 heavy (non-hydrogen) atoms. The quantitative estimate of drug-likeness (QED) is 0.731. The van der Waals surface area contributed by atoms with Crippen molar-refractivity contribution in [3.8, 4) is 5.75 Å². The molecule has 0 bridgehead atoms. The molecule has 2 unspecified atom stereocenters. The minimum absolute atomic E-state index is 0.201. The molecule has 0 saturated carbocycles. The zero-order chi connectivity index (χ0) is 13.7. The highest BCUT2D eigenvalue weighted by molar-refractivity contribution is 6.30. The first-order chi connectivity index (χ1) is 8.49. The number of hydrogen-bond donors (Lipinski definition) is 3. The summed E-state index contributed by atoms with van der Waals surface area (Å²) in [5.41, 5.74) is 0.464. The summed E-state index contributed by atoms with van der Waals surface area (Å²) in [6, 6.07) is 4.23. The van der Waals surface area contributed by atoms with Gasteiger partial charge in [-0.15, -0.1) is 0 Å². The van der Waals surface area contributed by atoms with E-state index in [0.29, 0.717) is 16.3 Å². The molecular formula is C12H16ClNO4. The van der Waals surface area contributed by atoms with Gasteiger partial charge in [0.05, 0.1) is 19.6 Å². The summed E-state index contributed by atoms with van der Waals surface area (Å²) in [7, 11) is 3.07. The molecule has 0 aliphatic rings. The lowest BCUT2D eigenvalue weighted by Gasteiger charge is -2.23. The molecule has 0 aromatic heterocycles. The number of carboxylic acid groups (broad SMARTS) is 1. The molecule has 5 nitrogen and oxygen atoms in total. The number of nitrogens with one attached hydrogen (secondary N) is 1. The molecule has 0 radical (unpaired) electrons. The molecule has 0 aliphatic heterocycles. The number of benzene rings is 1. The maximum atomic E-state index is 10.7. The van der Waals surface area contributed by atoms with E-state index in [0.717, 1.165) is 0 Å². The molecule has 0 aliphatic carbocycles. The third kappa shape index (κ3) is 3.60. The number of hydrogen-bond acceptors (Lipinski definition) is 4. The van der Waals surface area contributed by atoms with Crippen molar-refractivity contribution in [3.63, 3.8) is 0 Å². The molecule has 1 aromatic rings. The van der Waals surface area contributed by atoms with Crippen LogP contribution < -0.4 is 10.1 Å². The van der Waals surface area contributed by atoms with Crippen LogP contribution >= 0.6 is 11.6 Å². The number of likely N-dealkylation sites (N-methyl/N-ethyl adjacent to an activating group) is 1. The highest BCUT2D eigenvalue weighted by Gasteiger charge is 2.24. The van der Waals surface area contributed by atoms with Crippen LogP contribution in [0.25, 0.3) is 0 Å². The lowest BCUT2D eigenvalue weighted by Crippen LogP contribution is -2.34. The number of methoxy groups -OCH3 is 1. The largest absolute Gasteiger partial charge is 0.496 e. The Morgan fingerprint density at radius 3 is 2.72 bits per heavy atom. The van der Waals surface area contributed by atoms with E-state index in [1.54, 1.807) is 25.2 Å². The predicted octanol–water partition coefficient (Wildman–Crippen LogP) is 1.44. The SMILES string of the molecule is CNC(CC(=O)O)C(O)c1cc(Cl)ccc1OC. The van der Waals surface area contributed by atoms with Crippen molar-refractivity contribution < 1.29 is 19.7 Å². The topological polar surface area (TPSA) is 78.8 Å². The molecule has 1 rings (SSSR count). The molecule has 6 heteroatoms. The zero-order valence-electron chi connectivity index (χ0n) is 10.2. The average Bonchev–Trinajstić information content (AvgIpc) is 2.34. The Morgan fingerprint density at radius 1 is 1.56 bits per heavy atom. The van der Waals surface area contributed by atoms with E-state index in [9.17, 15) is 9.90 Å². The molecule has 100 valence electrons. The van der Waals surface area contributed by atoms with Crippen LogP contribution in [0.4, 0.5) is 0 Å². The van der Waals surface area contributed by atoms with Gasteiger partial charge in [0, 0.05) is 16.6 Å². The van der Waals surface area contributed by atoms with Gasteiger partial charge in [0.2, 0.25) is 0 Å². The van der Waals surface area contributed by atoms with E-state index in [1.807, 2.05) is 0 Å². The normalized spacial score (nSPS) is 14.0. The van der Waals surface area contributed by atoms with Crippen LogP contribution in [-0.4, -0.2) is 36.4 Å². The number of aliphatic hydroxyl groups is 1. The maximum Gasteiger partial charge on any atom is 0.305 e. The van der Waals surface area contributed by atoms with Crippen LogP contribution in [-0.2, 0) is 4.79 Å². The van der Waals surface area contributed by atoms with Crippen LogP contribution in [0.5, 0.6) is 5.75 Å². The van der Waals surface area contributed by atoms with Gasteiger partial charge in [-0.25, -0.2) is 0 Å². The van der Waals surface area contributed by atoms with Crippen molar-refractivity contribution in [2.45, 2.75) is 18.6 Å². The lowest BCUT2D eigenvalue weighted by molar-refractivity contribution is -0.138. The van der Waals surface area contributed by atoms with Crippen molar-refractivity contribution in [3.05, 3.63) is 28.8 Å². The van der Waals surface area contributed by atoms with Crippen LogP contribution in [0.1, 0.15) is 18.1 Å². The number of carboxylic acids is 1. The highest BCUT2D eigenvalue weighted by Crippen LogP contribution is 2.30. The van der Waals surface area contributed by atoms with Gasteiger partial charge in [0.15, 0.2) is 0 Å². The Labute approximate surface area is 110 Å². The number of aliphatic carboxylic acids is 1. The predicted molar refractivity (Wildman–Crippen MR) is 68.1 cm³/mol. The second kappa shape index (κ2) is 6.58. The summed E-state index contributed by atoms with van der Waals surface area (Å²) in [4.78, 5) is 10.7. The van der Waals surface area contributed by atoms with E-state index in [4.69, 9.17) is 21.4 Å². The average molecular weight is 274 g/mol. The van der Waals surface area contributed by atoms with E-state index in [2.05, 4.69) is 5.32 Å². The summed E-state index contributed by atoms with van der Waals surface area (Å²) in [6.07, 6.45) is -1.22. The molecule has 0 saturated heterocycles. The Morgan fingerprint density at radius 2 is 2.22 bits per heavy atom. The standard InChI is InChI=1S/C12H16ClNO4/c1-14-9(6-11(15)16)12(17)8-5-7(13)3-4-10(8)18-2/h3-5,9,12,14,17H,6H2,1-2H3,(H,15,16). The van der Waals surface area contributed by atoms with Gasteiger partial charge >= 0.3 is 5.97 Å². The second-order valence-corrected chi connectivity index (χ2v) is 4.26. The van der Waals surface area contributed by atoms with Crippen molar-refractivity contribution in [1.82, 2.24) is 5.32 Å². The monoisotopic (exact) mass is 273 g/mol. The number of halogens is 1. The van der Waals surface area contributed by atoms with Crippen molar-refractivity contribution in [2.24, 2.45) is 0 Å². The first-order valence-corrected chi connectivity index (χ1v) is 5.78. The minimum atomic E-state index is -1.01. The summed E-state index contributed by atoms with van der Waals surface area (Å²) >= 11 is 5.87. The Balaban J connectivity index is 3.03. The van der Waals surface area contributed by atoms with E-state index >= 15 is 0 Å². The van der Waals surface area contributed by atoms with Crippen LogP contribution in [0.2, 0.25) is 5.02 Å². The summed E-state index contributed by atoms with van der Waals surface area (Å²) in [5, 5.41) is 22.2. The van der Waals surface area contributed by atoms with Crippen molar-refractivity contribution in [2.75, 3.05) is 14.2 Å². The van der Waals surface area contributed by atoms with Crippen LogP contribution in [0.3, 0.4) is 0 Å². The van der Waals surface area contributed by atoms with Crippen LogP contribution in [0, 0.1) is 0 Å². The third-order valence-electron chi connectivity index (χ3n) is 2.66. The molecule has 0 fully saturated rings. The minimum Gasteiger partial charge on any atom is -0.496 e. The van der Waals surface area contributed by atoms with E-state index in [1.165, 1.54) is 7.11 Å². The molecule has 2 atom stereocenters. The Kier molecular flexibility index (Phi) is 5.40. The fraction of sp³-hybridized carbons (Fsp3) is 0.417. The maximum absolute atomic E-state index is 10.7. The smallest absolute Gasteiger partial charge is 0.305 e. The van der Waals surface area contributed by atoms with Gasteiger partial charge in [-0.05, 0) is 25.2 Å². The number of aliphatic hydroxyl groups excluding tert-OH is 1. The van der Waals surface area contributed by atoms with Gasteiger partial charge in [-0.1, -0.05) is 11.6 Å². The Bertz CT molecular complexity index is 425. The molecule has 0 amide bonds. The number of ether oxygens (including phenoxy) is 1. The van der Waals surface area contributed by atoms with E-state index in [-0.39, 0.29) is 6.42 Å². The summed E-state index contributed by atoms with van der Waals surface area (Å²) in [5.74, 6) is -0.521. The van der Waals surface area contributed by atoms with Gasteiger partial charge < -0.3 is 20.3 Å². The van der Waals surface area contributed by atoms with Crippen LogP contribution in [0.15, 0.2) is 18.2 Å². The number of carbonyl (C=O) groups is 1. The first kappa shape index (κ1) is 14.8. The second-order valence-electron chi connectivity index (χ2n) is 3.82. The van der Waals surface area contributed by atoms with Gasteiger partial charge in [-0.2, -0.15) is 0 Å². The molecular weight excluding hydrogens is 258 g/mol. The first-order valence-electron chi connectivity index (χ1n) is 5.40. The number of rotatable bonds is 6. The molecule has 3 N–H and O–H groups in total. The summed E-state index contributed by atoms with van der Waals surface area (Å²) in [6.45, 7) is 0. The summed E-state index contributed by atoms with van der Waals surface area (Å²) < 4.78 is 5.13. The van der Waals surface area contributed by atoms with Gasteiger partial charge in [0.25, 0.3) is 0 Å². The van der Waals surface area contributed by atoms with Gasteiger partial charge in [-0.3, -0.25) is 4.79 Å². The molecule has 1 aromatic carbocycles. The highest BCUT2D eigenvalue weighted by atomic mass is 35.5. The Hall–Kier alpha value is -1.30. The molecule has 0 heterocycles. The van der Waals surface area contributed by atoms with Gasteiger partial charge in [0.1, 0.15) is 5.75 Å². The fourth-order valence-electron chi connectivity index (χ4n) is 1.71. The lowest BCUT2D eigenvalue weighted by atomic mass is 9.99. The third-order valence-corrected chi connectivity index (χ3v) is 2.89.